The van der Waals surface area contributed by atoms with Crippen molar-refractivity contribution in [2.45, 2.75) is 63.0 Å². The van der Waals surface area contributed by atoms with E-state index in [4.69, 9.17) is 4.74 Å². The molecule has 0 saturated heterocycles. The van der Waals surface area contributed by atoms with Crippen molar-refractivity contribution in [1.82, 2.24) is 9.21 Å². The van der Waals surface area contributed by atoms with E-state index < -0.39 is 16.1 Å². The highest BCUT2D eigenvalue weighted by Crippen LogP contribution is 2.34. The quantitative estimate of drug-likeness (QED) is 0.702. The highest BCUT2D eigenvalue weighted by Gasteiger charge is 2.37. The molecule has 3 atom stereocenters. The van der Waals surface area contributed by atoms with Crippen molar-refractivity contribution in [2.75, 3.05) is 33.8 Å². The molecule has 0 radical (unpaired) electrons. The summed E-state index contributed by atoms with van der Waals surface area (Å²) in [5.41, 5.74) is 0.769. The summed E-state index contributed by atoms with van der Waals surface area (Å²) in [6.07, 6.45) is 5.81. The van der Waals surface area contributed by atoms with E-state index >= 15 is 0 Å². The van der Waals surface area contributed by atoms with Crippen LogP contribution < -0.4 is 4.74 Å². The lowest BCUT2D eigenvalue weighted by Crippen LogP contribution is -2.49. The van der Waals surface area contributed by atoms with Crippen LogP contribution in [-0.2, 0) is 10.0 Å². The molecule has 0 amide bonds. The lowest BCUT2D eigenvalue weighted by molar-refractivity contribution is 0.0812. The van der Waals surface area contributed by atoms with E-state index in [0.29, 0.717) is 24.8 Å². The first-order valence-electron chi connectivity index (χ1n) is 11.3. The fourth-order valence-electron chi connectivity index (χ4n) is 4.39. The molecule has 0 spiro atoms. The number of benzene rings is 1. The zero-order valence-electron chi connectivity index (χ0n) is 19.2. The molecule has 1 aliphatic heterocycles. The summed E-state index contributed by atoms with van der Waals surface area (Å²) in [5, 5.41) is 9.69. The van der Waals surface area contributed by atoms with Crippen molar-refractivity contribution < 1.29 is 18.3 Å². The van der Waals surface area contributed by atoms with Crippen LogP contribution in [0.4, 0.5) is 0 Å². The molecule has 2 aliphatic rings. The second kappa shape index (κ2) is 10.4. The Bertz CT molecular complexity index is 913. The normalized spacial score (nSPS) is 25.1. The predicted molar refractivity (Wildman–Crippen MR) is 122 cm³/mol. The topological polar surface area (TPSA) is 70.1 Å². The molecular formula is C24H36N2O4S. The standard InChI is InChI=1S/C24H36N2O4S/c1-18-15-26(19(2)17-27)31(28,29)24-13-12-21(11-7-10-20-8-5-6-9-20)14-22(24)30-23(18)16-25(3)4/h12-14,18-20,23,27H,5-6,8-10,15-17H2,1-4H3/t18-,19-,23+/m1/s1. The average molecular weight is 449 g/mol. The van der Waals surface area contributed by atoms with Crippen LogP contribution in [0.25, 0.3) is 0 Å². The summed E-state index contributed by atoms with van der Waals surface area (Å²) in [5.74, 6) is 7.48. The van der Waals surface area contributed by atoms with Crippen molar-refractivity contribution in [3.63, 3.8) is 0 Å². The highest BCUT2D eigenvalue weighted by molar-refractivity contribution is 7.89. The predicted octanol–water partition coefficient (Wildman–Crippen LogP) is 2.95. The molecule has 0 aromatic heterocycles. The number of nitrogens with zero attached hydrogens (tertiary/aromatic N) is 2. The second-order valence-corrected chi connectivity index (χ2v) is 11.2. The molecule has 3 rings (SSSR count). The monoisotopic (exact) mass is 448 g/mol. The van der Waals surface area contributed by atoms with Crippen LogP contribution in [0.15, 0.2) is 23.1 Å². The van der Waals surface area contributed by atoms with E-state index in [0.717, 1.165) is 12.0 Å². The van der Waals surface area contributed by atoms with Crippen LogP contribution in [0.1, 0.15) is 51.5 Å². The molecule has 172 valence electrons. The van der Waals surface area contributed by atoms with Crippen LogP contribution in [0, 0.1) is 23.7 Å². The molecule has 1 aromatic rings. The Morgan fingerprint density at radius 3 is 2.65 bits per heavy atom. The summed E-state index contributed by atoms with van der Waals surface area (Å²) in [6.45, 7) is 4.46. The molecule has 0 unspecified atom stereocenters. The van der Waals surface area contributed by atoms with Gasteiger partial charge in [-0.1, -0.05) is 31.6 Å². The molecule has 1 heterocycles. The van der Waals surface area contributed by atoms with E-state index in [-0.39, 0.29) is 23.5 Å². The third-order valence-corrected chi connectivity index (χ3v) is 8.33. The van der Waals surface area contributed by atoms with Gasteiger partial charge in [0, 0.05) is 37.0 Å². The highest BCUT2D eigenvalue weighted by atomic mass is 32.2. The van der Waals surface area contributed by atoms with E-state index in [9.17, 15) is 13.5 Å². The number of hydrogen-bond donors (Lipinski definition) is 1. The molecule has 6 nitrogen and oxygen atoms in total. The van der Waals surface area contributed by atoms with E-state index in [2.05, 4.69) is 11.8 Å². The van der Waals surface area contributed by atoms with Crippen LogP contribution >= 0.6 is 0 Å². The third-order valence-electron chi connectivity index (χ3n) is 6.31. The van der Waals surface area contributed by atoms with Crippen LogP contribution in [0.5, 0.6) is 5.75 Å². The minimum atomic E-state index is -3.80. The Morgan fingerprint density at radius 1 is 1.29 bits per heavy atom. The van der Waals surface area contributed by atoms with Crippen molar-refractivity contribution in [1.29, 1.82) is 0 Å². The minimum absolute atomic E-state index is 0.0450. The summed E-state index contributed by atoms with van der Waals surface area (Å²) in [6, 6.07) is 4.61. The largest absolute Gasteiger partial charge is 0.487 e. The number of aliphatic hydroxyl groups excluding tert-OH is 1. The zero-order valence-corrected chi connectivity index (χ0v) is 20.0. The Balaban J connectivity index is 1.97. The summed E-state index contributed by atoms with van der Waals surface area (Å²) in [4.78, 5) is 2.19. The Labute approximate surface area is 187 Å². The van der Waals surface area contributed by atoms with Gasteiger partial charge in [-0.05, 0) is 58.0 Å². The maximum atomic E-state index is 13.4. The zero-order chi connectivity index (χ0) is 22.6. The average Bonchev–Trinajstić information content (AvgIpc) is 3.23. The molecule has 7 heteroatoms. The molecule has 1 N–H and O–H groups in total. The fraction of sp³-hybridized carbons (Fsp3) is 0.667. The number of likely N-dealkylation sites (N-methyl/N-ethyl adjacent to an activating group) is 1. The Kier molecular flexibility index (Phi) is 8.03. The van der Waals surface area contributed by atoms with E-state index in [1.807, 2.05) is 25.9 Å². The number of hydrogen-bond acceptors (Lipinski definition) is 5. The van der Waals surface area contributed by atoms with Crippen LogP contribution in [-0.4, -0.2) is 68.7 Å². The van der Waals surface area contributed by atoms with Crippen molar-refractivity contribution in [3.05, 3.63) is 23.8 Å². The van der Waals surface area contributed by atoms with Gasteiger partial charge in [-0.3, -0.25) is 0 Å². The first-order valence-corrected chi connectivity index (χ1v) is 12.7. The van der Waals surface area contributed by atoms with E-state index in [1.165, 1.54) is 30.0 Å². The number of rotatable bonds is 5. The molecular weight excluding hydrogens is 412 g/mol. The van der Waals surface area contributed by atoms with Gasteiger partial charge >= 0.3 is 0 Å². The smallest absolute Gasteiger partial charge is 0.247 e. The lowest BCUT2D eigenvalue weighted by Gasteiger charge is -2.37. The second-order valence-electron chi connectivity index (χ2n) is 9.32. The van der Waals surface area contributed by atoms with Crippen LogP contribution in [0.2, 0.25) is 0 Å². The Morgan fingerprint density at radius 2 is 2.00 bits per heavy atom. The summed E-state index contributed by atoms with van der Waals surface area (Å²) >= 11 is 0. The van der Waals surface area contributed by atoms with Gasteiger partial charge in [-0.25, -0.2) is 8.42 Å². The maximum Gasteiger partial charge on any atom is 0.247 e. The molecule has 31 heavy (non-hydrogen) atoms. The SMILES string of the molecule is C[C@@H]1CN([C@H](C)CO)S(=O)(=O)c2ccc(C#CCC3CCCC3)cc2O[C@H]1CN(C)C. The Hall–Kier alpha value is -1.59. The van der Waals surface area contributed by atoms with Crippen LogP contribution in [0.3, 0.4) is 0 Å². The van der Waals surface area contributed by atoms with Crippen molar-refractivity contribution in [3.8, 4) is 17.6 Å². The first kappa shape index (κ1) is 24.1. The minimum Gasteiger partial charge on any atom is -0.487 e. The third kappa shape index (κ3) is 5.81. The number of aliphatic hydroxyl groups is 1. The molecule has 1 fully saturated rings. The first-order chi connectivity index (χ1) is 14.7. The molecule has 1 aliphatic carbocycles. The van der Waals surface area contributed by atoms with Gasteiger partial charge in [0.25, 0.3) is 0 Å². The summed E-state index contributed by atoms with van der Waals surface area (Å²) in [7, 11) is 0.153. The van der Waals surface area contributed by atoms with Crippen molar-refractivity contribution in [2.24, 2.45) is 11.8 Å². The van der Waals surface area contributed by atoms with Gasteiger partial charge in [0.2, 0.25) is 10.0 Å². The number of fused-ring (bicyclic) bond motifs is 1. The van der Waals surface area contributed by atoms with Gasteiger partial charge in [0.15, 0.2) is 0 Å². The van der Waals surface area contributed by atoms with Gasteiger partial charge in [-0.15, -0.1) is 0 Å². The van der Waals surface area contributed by atoms with Gasteiger partial charge in [-0.2, -0.15) is 4.31 Å². The lowest BCUT2D eigenvalue weighted by atomic mass is 10.0. The molecule has 1 aromatic carbocycles. The number of sulfonamides is 1. The summed E-state index contributed by atoms with van der Waals surface area (Å²) < 4.78 is 34.6. The van der Waals surface area contributed by atoms with Gasteiger partial charge in [0.05, 0.1) is 6.61 Å². The fourth-order valence-corrected chi connectivity index (χ4v) is 6.22. The van der Waals surface area contributed by atoms with Gasteiger partial charge in [0.1, 0.15) is 16.7 Å². The van der Waals surface area contributed by atoms with Crippen molar-refractivity contribution >= 4 is 10.0 Å². The van der Waals surface area contributed by atoms with Gasteiger partial charge < -0.3 is 14.7 Å². The van der Waals surface area contributed by atoms with E-state index in [1.54, 1.807) is 25.1 Å². The number of ether oxygens (including phenoxy) is 1. The molecule has 1 saturated carbocycles. The maximum absolute atomic E-state index is 13.4. The molecule has 0 bridgehead atoms.